The van der Waals surface area contributed by atoms with Gasteiger partial charge in [0, 0.05) is 17.9 Å². The standard InChI is InChI=1S/C16H19NO4/c18-14(19)10-21-8-7-17-15(20)13-9-16(13)6-5-11-3-1-2-4-12(11)16/h1-4,13H,5-10H2,(H,17,20)(H,18,19). The number of benzene rings is 1. The summed E-state index contributed by atoms with van der Waals surface area (Å²) in [5.74, 6) is -0.878. The molecule has 1 spiro atoms. The van der Waals surface area contributed by atoms with Gasteiger partial charge in [0.2, 0.25) is 5.91 Å². The predicted molar refractivity (Wildman–Crippen MR) is 76.0 cm³/mol. The number of carboxylic acids is 1. The van der Waals surface area contributed by atoms with Gasteiger partial charge in [0.1, 0.15) is 6.61 Å². The molecule has 0 heterocycles. The molecule has 2 N–H and O–H groups in total. The maximum Gasteiger partial charge on any atom is 0.329 e. The highest BCUT2D eigenvalue weighted by molar-refractivity contribution is 5.85. The number of nitrogens with one attached hydrogen (secondary N) is 1. The average molecular weight is 289 g/mol. The van der Waals surface area contributed by atoms with Crippen molar-refractivity contribution in [2.75, 3.05) is 19.8 Å². The van der Waals surface area contributed by atoms with Crippen LogP contribution in [0, 0.1) is 5.92 Å². The number of hydrogen-bond donors (Lipinski definition) is 2. The predicted octanol–water partition coefficient (Wildman–Crippen LogP) is 1.11. The summed E-state index contributed by atoms with van der Waals surface area (Å²) in [6, 6.07) is 8.39. The van der Waals surface area contributed by atoms with Crippen molar-refractivity contribution < 1.29 is 19.4 Å². The summed E-state index contributed by atoms with van der Waals surface area (Å²) in [4.78, 5) is 22.5. The Morgan fingerprint density at radius 1 is 1.38 bits per heavy atom. The molecule has 0 saturated heterocycles. The van der Waals surface area contributed by atoms with Crippen molar-refractivity contribution in [3.8, 4) is 0 Å². The van der Waals surface area contributed by atoms with E-state index in [4.69, 9.17) is 9.84 Å². The SMILES string of the molecule is O=C(O)COCCNC(=O)C1CC12CCc1ccccc12. The molecule has 112 valence electrons. The van der Waals surface area contributed by atoms with Gasteiger partial charge in [0.25, 0.3) is 0 Å². The largest absolute Gasteiger partial charge is 0.480 e. The molecule has 2 aliphatic carbocycles. The lowest BCUT2D eigenvalue weighted by atomic mass is 9.95. The van der Waals surface area contributed by atoms with Crippen LogP contribution in [0.1, 0.15) is 24.0 Å². The van der Waals surface area contributed by atoms with Gasteiger partial charge in [0.15, 0.2) is 0 Å². The summed E-state index contributed by atoms with van der Waals surface area (Å²) in [5, 5.41) is 11.3. The molecule has 1 fully saturated rings. The van der Waals surface area contributed by atoms with Crippen LogP contribution in [0.4, 0.5) is 0 Å². The molecule has 1 saturated carbocycles. The van der Waals surface area contributed by atoms with Gasteiger partial charge in [0.05, 0.1) is 6.61 Å². The van der Waals surface area contributed by atoms with Crippen LogP contribution in [0.25, 0.3) is 0 Å². The summed E-state index contributed by atoms with van der Waals surface area (Å²) >= 11 is 0. The third-order valence-corrected chi connectivity index (χ3v) is 4.56. The van der Waals surface area contributed by atoms with Crippen molar-refractivity contribution in [3.05, 3.63) is 35.4 Å². The van der Waals surface area contributed by atoms with Gasteiger partial charge < -0.3 is 15.2 Å². The van der Waals surface area contributed by atoms with Crippen molar-refractivity contribution in [3.63, 3.8) is 0 Å². The van der Waals surface area contributed by atoms with Crippen LogP contribution in [0.3, 0.4) is 0 Å². The van der Waals surface area contributed by atoms with Gasteiger partial charge in [-0.3, -0.25) is 4.79 Å². The molecule has 2 unspecified atom stereocenters. The Labute approximate surface area is 123 Å². The summed E-state index contributed by atoms with van der Waals surface area (Å²) in [6.07, 6.45) is 3.04. The van der Waals surface area contributed by atoms with E-state index in [1.807, 2.05) is 6.07 Å². The van der Waals surface area contributed by atoms with E-state index in [0.29, 0.717) is 6.54 Å². The number of fused-ring (bicyclic) bond motifs is 2. The zero-order chi connectivity index (χ0) is 14.9. The summed E-state index contributed by atoms with van der Waals surface area (Å²) < 4.78 is 4.90. The quantitative estimate of drug-likeness (QED) is 0.769. The molecule has 1 aromatic rings. The number of amides is 1. The zero-order valence-corrected chi connectivity index (χ0v) is 11.8. The van der Waals surface area contributed by atoms with Crippen LogP contribution in [0.2, 0.25) is 0 Å². The van der Waals surface area contributed by atoms with Crippen LogP contribution in [-0.2, 0) is 26.2 Å². The third-order valence-electron chi connectivity index (χ3n) is 4.56. The fraction of sp³-hybridized carbons (Fsp3) is 0.500. The van der Waals surface area contributed by atoms with Gasteiger partial charge >= 0.3 is 5.97 Å². The Kier molecular flexibility index (Phi) is 3.68. The minimum Gasteiger partial charge on any atom is -0.480 e. The summed E-state index contributed by atoms with van der Waals surface area (Å²) in [7, 11) is 0. The molecule has 2 aliphatic rings. The van der Waals surface area contributed by atoms with Crippen LogP contribution < -0.4 is 5.32 Å². The molecule has 1 aromatic carbocycles. The average Bonchev–Trinajstić information content (AvgIpc) is 3.08. The minimum atomic E-state index is -0.995. The van der Waals surface area contributed by atoms with Gasteiger partial charge in [-0.05, 0) is 30.4 Å². The smallest absolute Gasteiger partial charge is 0.329 e. The van der Waals surface area contributed by atoms with E-state index in [1.54, 1.807) is 0 Å². The third kappa shape index (κ3) is 2.65. The normalized spacial score (nSPS) is 25.6. The van der Waals surface area contributed by atoms with Crippen LogP contribution in [0.5, 0.6) is 0 Å². The molecule has 0 radical (unpaired) electrons. The summed E-state index contributed by atoms with van der Waals surface area (Å²) in [5.41, 5.74) is 2.77. The zero-order valence-electron chi connectivity index (χ0n) is 11.8. The van der Waals surface area contributed by atoms with Crippen molar-refractivity contribution in [2.45, 2.75) is 24.7 Å². The first-order valence-electron chi connectivity index (χ1n) is 7.29. The first kappa shape index (κ1) is 14.1. The van der Waals surface area contributed by atoms with Gasteiger partial charge in [-0.1, -0.05) is 24.3 Å². The van der Waals surface area contributed by atoms with E-state index >= 15 is 0 Å². The second kappa shape index (κ2) is 5.48. The van der Waals surface area contributed by atoms with Gasteiger partial charge in [-0.25, -0.2) is 4.79 Å². The molecule has 0 bridgehead atoms. The monoisotopic (exact) mass is 289 g/mol. The number of carbonyl (C=O) groups excluding carboxylic acids is 1. The number of carbonyl (C=O) groups is 2. The van der Waals surface area contributed by atoms with Crippen molar-refractivity contribution in [1.29, 1.82) is 0 Å². The van der Waals surface area contributed by atoms with E-state index in [9.17, 15) is 9.59 Å². The lowest BCUT2D eigenvalue weighted by Crippen LogP contribution is -2.31. The Morgan fingerprint density at radius 2 is 2.19 bits per heavy atom. The van der Waals surface area contributed by atoms with Crippen molar-refractivity contribution in [1.82, 2.24) is 5.32 Å². The molecule has 21 heavy (non-hydrogen) atoms. The van der Waals surface area contributed by atoms with Crippen molar-refractivity contribution in [2.24, 2.45) is 5.92 Å². The lowest BCUT2D eigenvalue weighted by molar-refractivity contribution is -0.142. The van der Waals surface area contributed by atoms with E-state index in [2.05, 4.69) is 23.5 Å². The van der Waals surface area contributed by atoms with E-state index in [-0.39, 0.29) is 30.5 Å². The minimum absolute atomic E-state index is 0.0561. The van der Waals surface area contributed by atoms with E-state index in [0.717, 1.165) is 19.3 Å². The molecule has 2 atom stereocenters. The molecular formula is C16H19NO4. The number of aliphatic carboxylic acids is 1. The number of carboxylic acid groups (broad SMARTS) is 1. The summed E-state index contributed by atoms with van der Waals surface area (Å²) in [6.45, 7) is 0.269. The second-order valence-electron chi connectivity index (χ2n) is 5.81. The van der Waals surface area contributed by atoms with E-state index in [1.165, 1.54) is 11.1 Å². The fourth-order valence-corrected chi connectivity index (χ4v) is 3.47. The van der Waals surface area contributed by atoms with Gasteiger partial charge in [-0.15, -0.1) is 0 Å². The topological polar surface area (TPSA) is 75.6 Å². The molecule has 3 rings (SSSR count). The lowest BCUT2D eigenvalue weighted by Gasteiger charge is -2.11. The Balaban J connectivity index is 1.49. The molecular weight excluding hydrogens is 270 g/mol. The number of rotatable bonds is 6. The number of aryl methyl sites for hydroxylation is 1. The molecule has 5 nitrogen and oxygen atoms in total. The fourth-order valence-electron chi connectivity index (χ4n) is 3.47. The maximum atomic E-state index is 12.2. The Hall–Kier alpha value is -1.88. The maximum absolute atomic E-state index is 12.2. The first-order chi connectivity index (χ1) is 10.1. The highest BCUT2D eigenvalue weighted by atomic mass is 16.5. The van der Waals surface area contributed by atoms with Crippen LogP contribution >= 0.6 is 0 Å². The Morgan fingerprint density at radius 3 is 3.00 bits per heavy atom. The van der Waals surface area contributed by atoms with Crippen LogP contribution in [-0.4, -0.2) is 36.7 Å². The number of ether oxygens (including phenoxy) is 1. The van der Waals surface area contributed by atoms with Crippen LogP contribution in [0.15, 0.2) is 24.3 Å². The molecule has 5 heteroatoms. The molecule has 0 aromatic heterocycles. The second-order valence-corrected chi connectivity index (χ2v) is 5.81. The highest BCUT2D eigenvalue weighted by Gasteiger charge is 2.61. The van der Waals surface area contributed by atoms with Crippen molar-refractivity contribution >= 4 is 11.9 Å². The van der Waals surface area contributed by atoms with Gasteiger partial charge in [-0.2, -0.15) is 0 Å². The Bertz CT molecular complexity index is 571. The molecule has 1 amide bonds. The number of hydrogen-bond acceptors (Lipinski definition) is 3. The highest BCUT2D eigenvalue weighted by Crippen LogP contribution is 2.61. The first-order valence-corrected chi connectivity index (χ1v) is 7.29. The molecule has 0 aliphatic heterocycles. The van der Waals surface area contributed by atoms with E-state index < -0.39 is 5.97 Å².